The molecule has 52 heavy (non-hydrogen) atoms. The van der Waals surface area contributed by atoms with Crippen LogP contribution in [0.15, 0.2) is 176 Å². The number of ether oxygens (including phenoxy) is 1. The molecule has 1 spiro atoms. The molecule has 0 aromatic heterocycles. The van der Waals surface area contributed by atoms with E-state index in [1.54, 1.807) is 0 Å². The first kappa shape index (κ1) is 29.4. The molecular formula is C50H35NO. The van der Waals surface area contributed by atoms with Crippen molar-refractivity contribution in [2.24, 2.45) is 0 Å². The molecule has 0 amide bonds. The Hall–Kier alpha value is -6.38. The van der Waals surface area contributed by atoms with Crippen molar-refractivity contribution in [2.75, 3.05) is 4.90 Å². The molecule has 2 aliphatic carbocycles. The molecule has 246 valence electrons. The number of benzene rings is 8. The van der Waals surface area contributed by atoms with Crippen LogP contribution in [0.5, 0.6) is 11.5 Å². The molecule has 1 heterocycles. The highest BCUT2D eigenvalue weighted by Gasteiger charge is 2.51. The Balaban J connectivity index is 1.20. The maximum Gasteiger partial charge on any atom is 0.132 e. The maximum absolute atomic E-state index is 6.63. The Morgan fingerprint density at radius 2 is 1.00 bits per heavy atom. The molecule has 2 heteroatoms. The van der Waals surface area contributed by atoms with Gasteiger partial charge in [0, 0.05) is 33.6 Å². The van der Waals surface area contributed by atoms with E-state index >= 15 is 0 Å². The zero-order valence-electron chi connectivity index (χ0n) is 29.1. The molecule has 0 fully saturated rings. The van der Waals surface area contributed by atoms with Crippen LogP contribution in [0.2, 0.25) is 0 Å². The lowest BCUT2D eigenvalue weighted by Gasteiger charge is -2.39. The number of anilines is 3. The van der Waals surface area contributed by atoms with Gasteiger partial charge in [-0.1, -0.05) is 141 Å². The summed E-state index contributed by atoms with van der Waals surface area (Å²) in [7, 11) is 0. The quantitative estimate of drug-likeness (QED) is 0.186. The number of fused-ring (bicyclic) bond motifs is 14. The summed E-state index contributed by atoms with van der Waals surface area (Å²) >= 11 is 0. The summed E-state index contributed by atoms with van der Waals surface area (Å²) in [6.45, 7) is 4.71. The lowest BCUT2D eigenvalue weighted by atomic mass is 9.66. The molecule has 0 atom stereocenters. The van der Waals surface area contributed by atoms with Crippen LogP contribution in [0.4, 0.5) is 17.1 Å². The summed E-state index contributed by atoms with van der Waals surface area (Å²) in [6.07, 6.45) is 0. The van der Waals surface area contributed by atoms with Crippen molar-refractivity contribution in [3.05, 3.63) is 209 Å². The average molecular weight is 666 g/mol. The van der Waals surface area contributed by atoms with Gasteiger partial charge in [0.25, 0.3) is 0 Å². The van der Waals surface area contributed by atoms with Gasteiger partial charge in [-0.05, 0) is 104 Å². The molecule has 0 N–H and O–H groups in total. The second-order valence-corrected chi connectivity index (χ2v) is 14.9. The molecular weight excluding hydrogens is 631 g/mol. The van der Waals surface area contributed by atoms with Gasteiger partial charge in [-0.15, -0.1) is 0 Å². The van der Waals surface area contributed by atoms with Crippen molar-refractivity contribution < 1.29 is 4.74 Å². The van der Waals surface area contributed by atoms with E-state index in [1.807, 2.05) is 0 Å². The summed E-state index contributed by atoms with van der Waals surface area (Å²) in [4.78, 5) is 2.43. The van der Waals surface area contributed by atoms with Crippen LogP contribution >= 0.6 is 0 Å². The minimum absolute atomic E-state index is 0.101. The Labute approximate surface area is 304 Å². The molecule has 1 aliphatic heterocycles. The lowest BCUT2D eigenvalue weighted by molar-refractivity contribution is 0.436. The molecule has 2 nitrogen and oxygen atoms in total. The summed E-state index contributed by atoms with van der Waals surface area (Å²) in [6, 6.07) is 64.6. The summed E-state index contributed by atoms with van der Waals surface area (Å²) in [5.74, 6) is 1.81. The Bertz CT molecular complexity index is 2710. The van der Waals surface area contributed by atoms with Crippen LogP contribution < -0.4 is 9.64 Å². The van der Waals surface area contributed by atoms with E-state index in [2.05, 4.69) is 195 Å². The highest BCUT2D eigenvalue weighted by molar-refractivity contribution is 6.05. The van der Waals surface area contributed by atoms with Gasteiger partial charge < -0.3 is 9.64 Å². The third-order valence-electron chi connectivity index (χ3n) is 11.9. The van der Waals surface area contributed by atoms with Crippen LogP contribution in [0.25, 0.3) is 33.0 Å². The molecule has 0 radical (unpaired) electrons. The van der Waals surface area contributed by atoms with Crippen molar-refractivity contribution >= 4 is 27.8 Å². The molecule has 0 saturated carbocycles. The van der Waals surface area contributed by atoms with Crippen molar-refractivity contribution in [1.29, 1.82) is 0 Å². The monoisotopic (exact) mass is 665 g/mol. The number of nitrogens with zero attached hydrogens (tertiary/aromatic N) is 1. The number of rotatable bonds is 3. The van der Waals surface area contributed by atoms with Crippen LogP contribution in [0, 0.1) is 0 Å². The van der Waals surface area contributed by atoms with Crippen LogP contribution in [-0.4, -0.2) is 0 Å². The zero-order valence-corrected chi connectivity index (χ0v) is 29.1. The Kier molecular flexibility index (Phi) is 5.97. The fraction of sp³-hybridized carbons (Fsp3) is 0.0800. The third kappa shape index (κ3) is 3.79. The molecule has 11 rings (SSSR count). The molecule has 3 aliphatic rings. The van der Waals surface area contributed by atoms with Gasteiger partial charge in [-0.25, -0.2) is 0 Å². The topological polar surface area (TPSA) is 12.5 Å². The Morgan fingerprint density at radius 1 is 0.404 bits per heavy atom. The van der Waals surface area contributed by atoms with Crippen molar-refractivity contribution in [2.45, 2.75) is 24.7 Å². The van der Waals surface area contributed by atoms with Crippen LogP contribution in [0.1, 0.15) is 47.2 Å². The minimum atomic E-state index is -0.528. The van der Waals surface area contributed by atoms with Crippen LogP contribution in [-0.2, 0) is 10.8 Å². The van der Waals surface area contributed by atoms with Gasteiger partial charge in [-0.2, -0.15) is 0 Å². The smallest absolute Gasteiger partial charge is 0.132 e. The van der Waals surface area contributed by atoms with Gasteiger partial charge in [0.1, 0.15) is 11.5 Å². The van der Waals surface area contributed by atoms with Gasteiger partial charge >= 0.3 is 0 Å². The van der Waals surface area contributed by atoms with E-state index in [-0.39, 0.29) is 5.41 Å². The molecule has 0 saturated heterocycles. The van der Waals surface area contributed by atoms with E-state index in [0.29, 0.717) is 0 Å². The average Bonchev–Trinajstić information content (AvgIpc) is 3.61. The highest BCUT2D eigenvalue weighted by atomic mass is 16.5. The first-order valence-electron chi connectivity index (χ1n) is 18.2. The molecule has 0 unspecified atom stereocenters. The van der Waals surface area contributed by atoms with E-state index < -0.39 is 5.41 Å². The maximum atomic E-state index is 6.63. The van der Waals surface area contributed by atoms with Crippen molar-refractivity contribution in [1.82, 2.24) is 0 Å². The standard InChI is InChI=1S/C50H35NO/c1-49(2)40-19-9-8-18-37(40)38-27-25-35(31-45(38)49)51(33-15-4-3-5-16-33)34-26-29-41-39(30-34)48-36-17-7-6-14-32(36)24-28-44(48)50(41)42-20-10-12-22-46(42)52-47-23-13-11-21-43(47)50/h3-31H,1-2H3. The Morgan fingerprint density at radius 3 is 1.79 bits per heavy atom. The SMILES string of the molecule is CC1(C)c2ccccc2-c2ccc(N(c3ccccc3)c3ccc4c(c3)-c3c(ccc5ccccc35)C43c4ccccc4Oc4ccccc43)cc21. The zero-order chi connectivity index (χ0) is 34.6. The second-order valence-electron chi connectivity index (χ2n) is 14.9. The first-order chi connectivity index (χ1) is 25.5. The summed E-state index contributed by atoms with van der Waals surface area (Å²) < 4.78 is 6.63. The summed E-state index contributed by atoms with van der Waals surface area (Å²) in [5.41, 5.74) is 15.7. The number of hydrogen-bond acceptors (Lipinski definition) is 2. The lowest BCUT2D eigenvalue weighted by Crippen LogP contribution is -2.32. The fourth-order valence-electron chi connectivity index (χ4n) is 9.65. The predicted molar refractivity (Wildman–Crippen MR) is 214 cm³/mol. The second kappa shape index (κ2) is 10.6. The van der Waals surface area contributed by atoms with Gasteiger partial charge in [0.15, 0.2) is 0 Å². The highest BCUT2D eigenvalue weighted by Crippen LogP contribution is 2.63. The van der Waals surface area contributed by atoms with Crippen LogP contribution in [0.3, 0.4) is 0 Å². The van der Waals surface area contributed by atoms with Crippen molar-refractivity contribution in [3.63, 3.8) is 0 Å². The van der Waals surface area contributed by atoms with E-state index in [9.17, 15) is 0 Å². The molecule has 0 bridgehead atoms. The molecule has 8 aromatic rings. The first-order valence-corrected chi connectivity index (χ1v) is 18.2. The summed E-state index contributed by atoms with van der Waals surface area (Å²) in [5, 5.41) is 2.50. The van der Waals surface area contributed by atoms with Gasteiger partial charge in [0.2, 0.25) is 0 Å². The predicted octanol–water partition coefficient (Wildman–Crippen LogP) is 13.1. The third-order valence-corrected chi connectivity index (χ3v) is 11.9. The number of para-hydroxylation sites is 3. The van der Waals surface area contributed by atoms with Gasteiger partial charge in [-0.3, -0.25) is 0 Å². The van der Waals surface area contributed by atoms with E-state index in [0.717, 1.165) is 28.6 Å². The molecule has 8 aromatic carbocycles. The minimum Gasteiger partial charge on any atom is -0.457 e. The largest absolute Gasteiger partial charge is 0.457 e. The van der Waals surface area contributed by atoms with E-state index in [4.69, 9.17) is 4.74 Å². The van der Waals surface area contributed by atoms with Gasteiger partial charge in [0.05, 0.1) is 5.41 Å². The van der Waals surface area contributed by atoms with Crippen molar-refractivity contribution in [3.8, 4) is 33.8 Å². The fourth-order valence-corrected chi connectivity index (χ4v) is 9.65. The number of hydrogen-bond donors (Lipinski definition) is 0. The normalized spacial score (nSPS) is 14.8. The van der Waals surface area contributed by atoms with E-state index in [1.165, 1.54) is 66.4 Å².